The van der Waals surface area contributed by atoms with Gasteiger partial charge in [0, 0.05) is 74.9 Å². The number of carbonyl (C=O) groups is 3. The van der Waals surface area contributed by atoms with Gasteiger partial charge in [0.15, 0.2) is 17.2 Å². The number of piperidine rings is 3. The van der Waals surface area contributed by atoms with E-state index in [0.717, 1.165) is 111 Å². The fraction of sp³-hybridized carbons (Fsp3) is 0.422. The Hall–Kier alpha value is -5.73. The number of imidazole rings is 1. The standard InChI is InChI=1S/C45H50ClN11O3/c1-47-37-24-40(53-57-39(26-49-42(37)57)44(60)50-29-6-7-29)56-18-13-32-31(3-2-4-38(32)56)34-10-5-28(25-48-34)27-54-19-14-45(15-20-54)16-21-55(22-17-45)30-8-9-33(46)36(23-30)51-35-11-12-41(58)52-43(35)59/h2-5,8-10,23-26,29,35,47,51H,6-7,11-22,27H2,1H3,(H,50,60)(H,52,58,59). The van der Waals surface area contributed by atoms with Gasteiger partial charge in [-0.3, -0.25) is 29.6 Å². The zero-order valence-electron chi connectivity index (χ0n) is 33.8. The Morgan fingerprint density at radius 2 is 1.72 bits per heavy atom. The van der Waals surface area contributed by atoms with Gasteiger partial charge in [-0.15, -0.1) is 5.10 Å². The molecule has 14 nitrogen and oxygen atoms in total. The van der Waals surface area contributed by atoms with E-state index in [9.17, 15) is 14.4 Å². The molecule has 1 spiro atoms. The fourth-order valence-electron chi connectivity index (χ4n) is 9.53. The number of aromatic nitrogens is 4. The van der Waals surface area contributed by atoms with E-state index in [1.807, 2.05) is 31.4 Å². The third-order valence-electron chi connectivity index (χ3n) is 13.3. The highest BCUT2D eigenvalue weighted by Crippen LogP contribution is 2.44. The van der Waals surface area contributed by atoms with Crippen LogP contribution < -0.4 is 31.1 Å². The molecule has 10 rings (SSSR count). The maximum atomic E-state index is 13.0. The molecule has 15 heteroatoms. The van der Waals surface area contributed by atoms with Gasteiger partial charge in [0.05, 0.1) is 28.3 Å². The first-order valence-electron chi connectivity index (χ1n) is 21.3. The van der Waals surface area contributed by atoms with Gasteiger partial charge in [-0.05, 0) is 111 Å². The molecule has 5 aliphatic rings. The van der Waals surface area contributed by atoms with Crippen molar-refractivity contribution in [2.75, 3.05) is 60.2 Å². The molecule has 4 aliphatic heterocycles. The summed E-state index contributed by atoms with van der Waals surface area (Å²) >= 11 is 6.53. The Kier molecular flexibility index (Phi) is 10.1. The smallest absolute Gasteiger partial charge is 0.271 e. The van der Waals surface area contributed by atoms with Gasteiger partial charge in [-0.25, -0.2) is 9.50 Å². The number of anilines is 5. The summed E-state index contributed by atoms with van der Waals surface area (Å²) in [6.45, 7) is 5.78. The molecule has 0 radical (unpaired) electrons. The number of halogens is 1. The van der Waals surface area contributed by atoms with Crippen LogP contribution in [0, 0.1) is 5.41 Å². The predicted octanol–water partition coefficient (Wildman–Crippen LogP) is 6.17. The molecule has 3 aromatic heterocycles. The molecule has 0 bridgehead atoms. The summed E-state index contributed by atoms with van der Waals surface area (Å²) in [6, 6.07) is 18.6. The van der Waals surface area contributed by atoms with E-state index in [1.54, 1.807) is 10.7 Å². The summed E-state index contributed by atoms with van der Waals surface area (Å²) in [5.74, 6) is 0.0837. The minimum absolute atomic E-state index is 0.147. The van der Waals surface area contributed by atoms with Crippen LogP contribution in [0.5, 0.6) is 0 Å². The lowest BCUT2D eigenvalue weighted by atomic mass is 9.71. The number of benzene rings is 2. The second-order valence-electron chi connectivity index (χ2n) is 17.1. The average Bonchev–Trinajstić information content (AvgIpc) is 3.79. The Morgan fingerprint density at radius 1 is 0.900 bits per heavy atom. The van der Waals surface area contributed by atoms with Crippen LogP contribution in [-0.2, 0) is 22.6 Å². The first kappa shape index (κ1) is 38.5. The molecule has 3 saturated heterocycles. The first-order chi connectivity index (χ1) is 29.2. The van der Waals surface area contributed by atoms with Crippen molar-refractivity contribution in [3.63, 3.8) is 0 Å². The number of likely N-dealkylation sites (tertiary alicyclic amines) is 1. The summed E-state index contributed by atoms with van der Waals surface area (Å²) in [4.78, 5) is 53.8. The maximum Gasteiger partial charge on any atom is 0.271 e. The number of nitrogens with zero attached hydrogens (tertiary/aromatic N) is 7. The Morgan fingerprint density at radius 3 is 2.47 bits per heavy atom. The first-order valence-corrected chi connectivity index (χ1v) is 21.7. The van der Waals surface area contributed by atoms with Crippen LogP contribution in [0.4, 0.5) is 28.6 Å². The molecule has 1 unspecified atom stereocenters. The highest BCUT2D eigenvalue weighted by Gasteiger charge is 2.38. The number of pyridine rings is 1. The molecular weight excluding hydrogens is 778 g/mol. The number of amides is 3. The van der Waals surface area contributed by atoms with Crippen molar-refractivity contribution < 1.29 is 14.4 Å². The number of hydrogen-bond acceptors (Lipinski definition) is 11. The van der Waals surface area contributed by atoms with Gasteiger partial charge in [0.2, 0.25) is 11.8 Å². The van der Waals surface area contributed by atoms with Gasteiger partial charge in [0.25, 0.3) is 5.91 Å². The lowest BCUT2D eigenvalue weighted by Gasteiger charge is -2.47. The lowest BCUT2D eigenvalue weighted by Crippen LogP contribution is -2.47. The van der Waals surface area contributed by atoms with E-state index in [-0.39, 0.29) is 23.8 Å². The van der Waals surface area contributed by atoms with E-state index >= 15 is 0 Å². The topological polar surface area (TPSA) is 152 Å². The Bertz CT molecular complexity index is 2470. The van der Waals surface area contributed by atoms with Crippen LogP contribution in [0.2, 0.25) is 5.02 Å². The van der Waals surface area contributed by atoms with Crippen molar-refractivity contribution in [1.29, 1.82) is 0 Å². The van der Waals surface area contributed by atoms with Crippen molar-refractivity contribution >= 4 is 63.5 Å². The molecule has 4 N–H and O–H groups in total. The van der Waals surface area contributed by atoms with E-state index in [2.05, 4.69) is 77.3 Å². The quantitative estimate of drug-likeness (QED) is 0.120. The van der Waals surface area contributed by atoms with Crippen LogP contribution in [0.15, 0.2) is 67.0 Å². The Balaban J connectivity index is 0.759. The Labute approximate surface area is 354 Å². The van der Waals surface area contributed by atoms with Gasteiger partial charge in [0.1, 0.15) is 6.04 Å². The summed E-state index contributed by atoms with van der Waals surface area (Å²) in [7, 11) is 1.86. The molecule has 1 aliphatic carbocycles. The van der Waals surface area contributed by atoms with Crippen molar-refractivity contribution in [1.82, 2.24) is 35.1 Å². The number of imide groups is 1. The van der Waals surface area contributed by atoms with Gasteiger partial charge >= 0.3 is 0 Å². The average molecular weight is 828 g/mol. The summed E-state index contributed by atoms with van der Waals surface area (Å²) in [6.07, 6.45) is 12.0. The molecule has 7 heterocycles. The minimum Gasteiger partial charge on any atom is -0.385 e. The van der Waals surface area contributed by atoms with Crippen molar-refractivity contribution in [3.8, 4) is 11.3 Å². The number of nitrogens with one attached hydrogen (secondary N) is 4. The van der Waals surface area contributed by atoms with Gasteiger partial charge in [-0.2, -0.15) is 0 Å². The predicted molar refractivity (Wildman–Crippen MR) is 233 cm³/mol. The van der Waals surface area contributed by atoms with Crippen molar-refractivity contribution in [3.05, 3.63) is 88.8 Å². The summed E-state index contributed by atoms with van der Waals surface area (Å²) in [5.41, 5.74) is 9.74. The summed E-state index contributed by atoms with van der Waals surface area (Å²) in [5, 5.41) is 17.5. The van der Waals surface area contributed by atoms with Gasteiger partial charge < -0.3 is 25.8 Å². The van der Waals surface area contributed by atoms with Crippen molar-refractivity contribution in [2.24, 2.45) is 5.41 Å². The number of fused-ring (bicyclic) bond motifs is 2. The van der Waals surface area contributed by atoms with Crippen LogP contribution >= 0.6 is 11.6 Å². The zero-order chi connectivity index (χ0) is 41.0. The van der Waals surface area contributed by atoms with E-state index in [1.165, 1.54) is 24.0 Å². The van der Waals surface area contributed by atoms with Crippen LogP contribution in [0.3, 0.4) is 0 Å². The van der Waals surface area contributed by atoms with E-state index in [0.29, 0.717) is 34.6 Å². The molecule has 5 aromatic rings. The maximum absolute atomic E-state index is 13.0. The molecular formula is C45H50ClN11O3. The SMILES string of the molecule is CNc1cc(N2CCc3c(-c4ccc(CN5CCC6(CC5)CCN(c5ccc(Cl)c(NC7CCC(=O)NC7=O)c5)CC6)cn4)cccc32)nn2c(C(=O)NC3CC3)cnc12. The molecule has 4 fully saturated rings. The van der Waals surface area contributed by atoms with E-state index < -0.39 is 6.04 Å². The van der Waals surface area contributed by atoms with Crippen molar-refractivity contribution in [2.45, 2.75) is 76.4 Å². The van der Waals surface area contributed by atoms with Crippen LogP contribution in [0.1, 0.15) is 73.0 Å². The highest BCUT2D eigenvalue weighted by molar-refractivity contribution is 6.33. The van der Waals surface area contributed by atoms with Crippen LogP contribution in [-0.4, -0.2) is 94.1 Å². The fourth-order valence-corrected chi connectivity index (χ4v) is 9.70. The normalized spacial score (nSPS) is 20.3. The lowest BCUT2D eigenvalue weighted by molar-refractivity contribution is -0.133. The van der Waals surface area contributed by atoms with Crippen LogP contribution in [0.25, 0.3) is 16.9 Å². The monoisotopic (exact) mass is 827 g/mol. The largest absolute Gasteiger partial charge is 0.385 e. The molecule has 3 amide bonds. The molecule has 1 atom stereocenters. The molecule has 1 saturated carbocycles. The second kappa shape index (κ2) is 15.7. The number of hydrogen-bond donors (Lipinski definition) is 4. The van der Waals surface area contributed by atoms with E-state index in [4.69, 9.17) is 21.7 Å². The molecule has 310 valence electrons. The third-order valence-corrected chi connectivity index (χ3v) is 13.6. The van der Waals surface area contributed by atoms with Gasteiger partial charge in [-0.1, -0.05) is 29.8 Å². The number of rotatable bonds is 10. The number of carbonyl (C=O) groups excluding carboxylic acids is 3. The molecule has 2 aromatic carbocycles. The second-order valence-corrected chi connectivity index (χ2v) is 17.5. The summed E-state index contributed by atoms with van der Waals surface area (Å²) < 4.78 is 1.66. The minimum atomic E-state index is -0.471. The molecule has 60 heavy (non-hydrogen) atoms. The third kappa shape index (κ3) is 7.51. The zero-order valence-corrected chi connectivity index (χ0v) is 34.6. The highest BCUT2D eigenvalue weighted by atomic mass is 35.5.